The monoisotopic (exact) mass is 321 g/mol. The van der Waals surface area contributed by atoms with Crippen LogP contribution >= 0.6 is 0 Å². The van der Waals surface area contributed by atoms with Gasteiger partial charge in [0.15, 0.2) is 0 Å². The first-order valence-electron chi connectivity index (χ1n) is 6.30. The molecule has 0 saturated heterocycles. The predicted molar refractivity (Wildman–Crippen MR) is 71.0 cm³/mol. The number of carbonyl (C=O) groups excluding carboxylic acids is 1. The van der Waals surface area contributed by atoms with E-state index >= 15 is 0 Å². The Hall–Kier alpha value is -2.40. The van der Waals surface area contributed by atoms with Crippen LogP contribution in [0.2, 0.25) is 0 Å². The Kier molecular flexibility index (Phi) is 9.22. The van der Waals surface area contributed by atoms with E-state index in [0.29, 0.717) is 0 Å². The van der Waals surface area contributed by atoms with Crippen molar-refractivity contribution in [3.8, 4) is 0 Å². The largest absolute Gasteiger partial charge is 0.481 e. The SMILES string of the molecule is CNOCC[C@H](NC(=O)N[C@@H](CCC(=O)O)C(=O)O)C(=O)O. The first kappa shape index (κ1) is 19.6. The number of urea groups is 1. The highest BCUT2D eigenvalue weighted by molar-refractivity contribution is 5.86. The fourth-order valence-electron chi connectivity index (χ4n) is 1.42. The Morgan fingerprint density at radius 1 is 0.955 bits per heavy atom. The second kappa shape index (κ2) is 10.3. The number of hydrogen-bond donors (Lipinski definition) is 6. The van der Waals surface area contributed by atoms with E-state index in [-0.39, 0.29) is 19.4 Å². The Balaban J connectivity index is 4.47. The number of rotatable bonds is 11. The molecule has 0 unspecified atom stereocenters. The molecule has 0 saturated carbocycles. The minimum absolute atomic E-state index is 0.00905. The van der Waals surface area contributed by atoms with Crippen LogP contribution in [0.1, 0.15) is 19.3 Å². The van der Waals surface area contributed by atoms with Gasteiger partial charge in [-0.05, 0) is 6.42 Å². The van der Waals surface area contributed by atoms with Crippen LogP contribution in [-0.4, -0.2) is 65.0 Å². The van der Waals surface area contributed by atoms with E-state index in [9.17, 15) is 19.2 Å². The van der Waals surface area contributed by atoms with Crippen molar-refractivity contribution in [2.45, 2.75) is 31.3 Å². The van der Waals surface area contributed by atoms with Crippen molar-refractivity contribution < 1.29 is 39.3 Å². The molecule has 0 aromatic rings. The van der Waals surface area contributed by atoms with Crippen LogP contribution in [-0.2, 0) is 19.2 Å². The van der Waals surface area contributed by atoms with Gasteiger partial charge in [0.05, 0.1) is 6.61 Å². The highest BCUT2D eigenvalue weighted by Gasteiger charge is 2.24. The summed E-state index contributed by atoms with van der Waals surface area (Å²) in [7, 11) is 1.48. The Labute approximate surface area is 125 Å². The van der Waals surface area contributed by atoms with Gasteiger partial charge in [-0.25, -0.2) is 19.9 Å². The van der Waals surface area contributed by atoms with Gasteiger partial charge in [-0.2, -0.15) is 0 Å². The zero-order valence-corrected chi connectivity index (χ0v) is 11.9. The lowest BCUT2D eigenvalue weighted by Gasteiger charge is -2.18. The van der Waals surface area contributed by atoms with Gasteiger partial charge >= 0.3 is 23.9 Å². The van der Waals surface area contributed by atoms with Gasteiger partial charge in [0, 0.05) is 19.9 Å². The molecule has 0 heterocycles. The zero-order chi connectivity index (χ0) is 17.1. The highest BCUT2D eigenvalue weighted by Crippen LogP contribution is 1.99. The molecule has 0 aromatic heterocycles. The van der Waals surface area contributed by atoms with Crippen LogP contribution in [0.5, 0.6) is 0 Å². The van der Waals surface area contributed by atoms with Gasteiger partial charge in [0.2, 0.25) is 0 Å². The third kappa shape index (κ3) is 8.71. The van der Waals surface area contributed by atoms with E-state index < -0.39 is 42.4 Å². The molecule has 2 atom stereocenters. The Morgan fingerprint density at radius 2 is 1.45 bits per heavy atom. The topological polar surface area (TPSA) is 174 Å². The fraction of sp³-hybridized carbons (Fsp3) is 0.636. The van der Waals surface area contributed by atoms with Gasteiger partial charge in [0.25, 0.3) is 0 Å². The molecule has 6 N–H and O–H groups in total. The molecule has 0 aliphatic carbocycles. The zero-order valence-electron chi connectivity index (χ0n) is 11.9. The Bertz CT molecular complexity index is 414. The fourth-order valence-corrected chi connectivity index (χ4v) is 1.42. The second-order valence-electron chi connectivity index (χ2n) is 4.17. The van der Waals surface area contributed by atoms with Gasteiger partial charge < -0.3 is 30.8 Å². The lowest BCUT2D eigenvalue weighted by atomic mass is 10.1. The van der Waals surface area contributed by atoms with Crippen LogP contribution in [0, 0.1) is 0 Å². The molecule has 0 aliphatic rings. The summed E-state index contributed by atoms with van der Waals surface area (Å²) < 4.78 is 0. The van der Waals surface area contributed by atoms with Crippen molar-refractivity contribution in [1.29, 1.82) is 0 Å². The normalized spacial score (nSPS) is 13.0. The van der Waals surface area contributed by atoms with E-state index in [1.54, 1.807) is 0 Å². The second-order valence-corrected chi connectivity index (χ2v) is 4.17. The number of carbonyl (C=O) groups is 4. The smallest absolute Gasteiger partial charge is 0.326 e. The number of aliphatic carboxylic acids is 3. The van der Waals surface area contributed by atoms with E-state index in [1.807, 2.05) is 5.32 Å². The third-order valence-corrected chi connectivity index (χ3v) is 2.51. The quantitative estimate of drug-likeness (QED) is 0.197. The van der Waals surface area contributed by atoms with Crippen LogP contribution in [0.4, 0.5) is 4.79 Å². The summed E-state index contributed by atoms with van der Waals surface area (Å²) in [6, 6.07) is -3.73. The average Bonchev–Trinajstić information content (AvgIpc) is 2.41. The van der Waals surface area contributed by atoms with Crippen molar-refractivity contribution in [1.82, 2.24) is 16.1 Å². The predicted octanol–water partition coefficient (Wildman–Crippen LogP) is -1.40. The number of hydroxylamine groups is 1. The molecule has 0 rings (SSSR count). The summed E-state index contributed by atoms with van der Waals surface area (Å²) in [5, 5.41) is 30.4. The lowest BCUT2D eigenvalue weighted by molar-refractivity contribution is -0.141. The molecular weight excluding hydrogens is 302 g/mol. The van der Waals surface area contributed by atoms with Crippen LogP contribution in [0.15, 0.2) is 0 Å². The number of amides is 2. The summed E-state index contributed by atoms with van der Waals surface area (Å²) >= 11 is 0. The highest BCUT2D eigenvalue weighted by atomic mass is 16.6. The van der Waals surface area contributed by atoms with Gasteiger partial charge in [-0.1, -0.05) is 0 Å². The molecule has 0 spiro atoms. The molecule has 22 heavy (non-hydrogen) atoms. The standard InChI is InChI=1S/C11H19N3O8/c1-12-22-5-4-7(10(19)20)14-11(21)13-6(9(17)18)2-3-8(15)16/h6-7,12H,2-5H2,1H3,(H,15,16)(H,17,18)(H,19,20)(H2,13,14,21)/t6-,7-/m0/s1. The van der Waals surface area contributed by atoms with E-state index in [4.69, 9.17) is 20.2 Å². The molecule has 11 nitrogen and oxygen atoms in total. The third-order valence-electron chi connectivity index (χ3n) is 2.51. The van der Waals surface area contributed by atoms with Crippen molar-refractivity contribution in [2.24, 2.45) is 0 Å². The summed E-state index contributed by atoms with van der Waals surface area (Å²) in [6.45, 7) is 0.00905. The molecular formula is C11H19N3O8. The van der Waals surface area contributed by atoms with Crippen molar-refractivity contribution >= 4 is 23.9 Å². The minimum Gasteiger partial charge on any atom is -0.481 e. The summed E-state index contributed by atoms with van der Waals surface area (Å²) in [4.78, 5) is 48.6. The maximum atomic E-state index is 11.6. The number of carboxylic acid groups (broad SMARTS) is 3. The van der Waals surface area contributed by atoms with Crippen LogP contribution in [0.3, 0.4) is 0 Å². The first-order chi connectivity index (χ1) is 10.3. The van der Waals surface area contributed by atoms with Gasteiger partial charge in [0.1, 0.15) is 12.1 Å². The maximum Gasteiger partial charge on any atom is 0.326 e. The minimum atomic E-state index is -1.43. The Morgan fingerprint density at radius 3 is 1.86 bits per heavy atom. The summed E-state index contributed by atoms with van der Waals surface area (Å²) in [5.41, 5.74) is 2.34. The van der Waals surface area contributed by atoms with E-state index in [1.165, 1.54) is 7.05 Å². The first-order valence-corrected chi connectivity index (χ1v) is 6.30. The van der Waals surface area contributed by atoms with Crippen molar-refractivity contribution in [2.75, 3.05) is 13.7 Å². The van der Waals surface area contributed by atoms with E-state index in [2.05, 4.69) is 10.8 Å². The van der Waals surface area contributed by atoms with Crippen molar-refractivity contribution in [3.63, 3.8) is 0 Å². The van der Waals surface area contributed by atoms with Crippen molar-refractivity contribution in [3.05, 3.63) is 0 Å². The molecule has 126 valence electrons. The molecule has 0 aromatic carbocycles. The van der Waals surface area contributed by atoms with E-state index in [0.717, 1.165) is 0 Å². The summed E-state index contributed by atoms with van der Waals surface area (Å²) in [6.07, 6.45) is -0.815. The van der Waals surface area contributed by atoms with Gasteiger partial charge in [-0.15, -0.1) is 0 Å². The van der Waals surface area contributed by atoms with Crippen LogP contribution < -0.4 is 16.1 Å². The summed E-state index contributed by atoms with van der Waals surface area (Å²) in [5.74, 6) is -3.94. The van der Waals surface area contributed by atoms with Gasteiger partial charge in [-0.3, -0.25) is 4.79 Å². The number of hydrogen-bond acceptors (Lipinski definition) is 6. The number of nitrogens with one attached hydrogen (secondary N) is 3. The molecule has 0 aliphatic heterocycles. The molecule has 2 amide bonds. The van der Waals surface area contributed by atoms with Crippen LogP contribution in [0.25, 0.3) is 0 Å². The average molecular weight is 321 g/mol. The molecule has 0 bridgehead atoms. The number of carboxylic acids is 3. The molecule has 0 fully saturated rings. The molecule has 0 radical (unpaired) electrons. The molecule has 11 heteroatoms. The lowest BCUT2D eigenvalue weighted by Crippen LogP contribution is -2.51. The maximum absolute atomic E-state index is 11.6.